The Balaban J connectivity index is 1.54. The summed E-state index contributed by atoms with van der Waals surface area (Å²) < 4.78 is 6.38. The molecule has 4 aromatic rings. The van der Waals surface area contributed by atoms with E-state index in [4.69, 9.17) is 27.9 Å². The van der Waals surface area contributed by atoms with E-state index in [2.05, 4.69) is 20.7 Å². The maximum Gasteiger partial charge on any atom is 0.274 e. The van der Waals surface area contributed by atoms with Crippen LogP contribution < -0.4 is 15.4 Å². The highest BCUT2D eigenvalue weighted by Crippen LogP contribution is 2.19. The maximum atomic E-state index is 13.0. The molecule has 4 rings (SSSR count). The van der Waals surface area contributed by atoms with Crippen LogP contribution in [0.4, 0.5) is 11.9 Å². The molecule has 2 N–H and O–H groups in total. The number of benzene rings is 3. The Morgan fingerprint density at radius 3 is 2.11 bits per heavy atom. The zero-order valence-electron chi connectivity index (χ0n) is 18.9. The number of hydrogen-bond acceptors (Lipinski definition) is 6. The SMILES string of the molecule is COc1ccc(C=CC(=O)n2nc(NCc3ccccc3Cl)nc2NCc2ccccc2Cl)cc1. The standard InChI is InChI=1S/C26H23Cl2N5O2/c1-35-21-13-10-18(11-14-21)12-15-24(34)33-26(30-17-20-7-3-5-9-23(20)28)31-25(32-33)29-16-19-6-2-4-8-22(19)27/h2-15H,16-17H2,1H3,(H2,29,30,31,32). The zero-order chi connectivity index (χ0) is 24.6. The molecule has 1 aromatic heterocycles. The van der Waals surface area contributed by atoms with Crippen molar-refractivity contribution in [1.82, 2.24) is 14.8 Å². The van der Waals surface area contributed by atoms with E-state index in [-0.39, 0.29) is 17.8 Å². The van der Waals surface area contributed by atoms with E-state index in [1.165, 1.54) is 10.8 Å². The molecule has 178 valence electrons. The molecule has 35 heavy (non-hydrogen) atoms. The molecule has 1 heterocycles. The number of aromatic nitrogens is 3. The van der Waals surface area contributed by atoms with Crippen LogP contribution in [0.3, 0.4) is 0 Å². The number of nitrogens with one attached hydrogen (secondary N) is 2. The molecule has 0 unspecified atom stereocenters. The Hall–Kier alpha value is -3.81. The average molecular weight is 508 g/mol. The third-order valence-corrected chi connectivity index (χ3v) is 5.88. The molecule has 0 radical (unpaired) electrons. The molecule has 0 saturated carbocycles. The summed E-state index contributed by atoms with van der Waals surface area (Å²) in [6.45, 7) is 0.779. The van der Waals surface area contributed by atoms with Gasteiger partial charge < -0.3 is 15.4 Å². The summed E-state index contributed by atoms with van der Waals surface area (Å²) in [5.41, 5.74) is 2.61. The van der Waals surface area contributed by atoms with Gasteiger partial charge in [0, 0.05) is 29.2 Å². The van der Waals surface area contributed by atoms with Gasteiger partial charge in [0.25, 0.3) is 5.91 Å². The lowest BCUT2D eigenvalue weighted by atomic mass is 10.2. The van der Waals surface area contributed by atoms with Crippen LogP contribution in [0.2, 0.25) is 10.0 Å². The third-order valence-electron chi connectivity index (χ3n) is 5.14. The second kappa shape index (κ2) is 11.6. The number of carbonyl (C=O) groups is 1. The summed E-state index contributed by atoms with van der Waals surface area (Å²) in [5, 5.41) is 11.9. The molecule has 7 nitrogen and oxygen atoms in total. The van der Waals surface area contributed by atoms with Gasteiger partial charge >= 0.3 is 0 Å². The fourth-order valence-corrected chi connectivity index (χ4v) is 3.65. The van der Waals surface area contributed by atoms with Crippen molar-refractivity contribution in [2.45, 2.75) is 13.1 Å². The molecule has 0 atom stereocenters. The number of rotatable bonds is 9. The van der Waals surface area contributed by atoms with E-state index in [9.17, 15) is 4.79 Å². The highest BCUT2D eigenvalue weighted by Gasteiger charge is 2.15. The van der Waals surface area contributed by atoms with Gasteiger partial charge in [0.15, 0.2) is 0 Å². The lowest BCUT2D eigenvalue weighted by Crippen LogP contribution is -2.14. The first-order chi connectivity index (χ1) is 17.0. The molecule has 0 saturated heterocycles. The number of allylic oxidation sites excluding steroid dienone is 1. The molecule has 0 aliphatic carbocycles. The number of anilines is 2. The molecule has 0 aliphatic rings. The summed E-state index contributed by atoms with van der Waals surface area (Å²) in [6.07, 6.45) is 3.15. The van der Waals surface area contributed by atoms with Crippen LogP contribution in [0.1, 0.15) is 21.5 Å². The van der Waals surface area contributed by atoms with Gasteiger partial charge in [0.05, 0.1) is 7.11 Å². The molecule has 0 spiro atoms. The fourth-order valence-electron chi connectivity index (χ4n) is 3.24. The number of halogens is 2. The Morgan fingerprint density at radius 1 is 0.914 bits per heavy atom. The number of hydrogen-bond donors (Lipinski definition) is 2. The van der Waals surface area contributed by atoms with Crippen LogP contribution in [-0.2, 0) is 13.1 Å². The third kappa shape index (κ3) is 6.41. The first kappa shape index (κ1) is 24.3. The van der Waals surface area contributed by atoms with E-state index in [0.717, 1.165) is 22.4 Å². The Morgan fingerprint density at radius 2 is 1.51 bits per heavy atom. The molecule has 3 aromatic carbocycles. The van der Waals surface area contributed by atoms with E-state index < -0.39 is 0 Å². The monoisotopic (exact) mass is 507 g/mol. The van der Waals surface area contributed by atoms with E-state index in [0.29, 0.717) is 23.1 Å². The lowest BCUT2D eigenvalue weighted by Gasteiger charge is -2.07. The van der Waals surface area contributed by atoms with Gasteiger partial charge in [-0.05, 0) is 47.0 Å². The highest BCUT2D eigenvalue weighted by atomic mass is 35.5. The Bertz CT molecular complexity index is 1340. The van der Waals surface area contributed by atoms with Crippen molar-refractivity contribution in [1.29, 1.82) is 0 Å². The van der Waals surface area contributed by atoms with Gasteiger partial charge in [-0.1, -0.05) is 71.7 Å². The second-order valence-electron chi connectivity index (χ2n) is 7.51. The zero-order valence-corrected chi connectivity index (χ0v) is 20.4. The molecule has 0 fully saturated rings. The number of nitrogens with zero attached hydrogens (tertiary/aromatic N) is 3. The van der Waals surface area contributed by atoms with Crippen LogP contribution in [-0.4, -0.2) is 27.8 Å². The number of carbonyl (C=O) groups excluding carboxylic acids is 1. The lowest BCUT2D eigenvalue weighted by molar-refractivity contribution is 0.0957. The van der Waals surface area contributed by atoms with Crippen molar-refractivity contribution < 1.29 is 9.53 Å². The van der Waals surface area contributed by atoms with Crippen LogP contribution in [0.25, 0.3) is 6.08 Å². The Kier molecular flexibility index (Phi) is 8.03. The first-order valence-corrected chi connectivity index (χ1v) is 11.6. The predicted octanol–water partition coefficient (Wildman–Crippen LogP) is 6.17. The molecular formula is C26H23Cl2N5O2. The van der Waals surface area contributed by atoms with Crippen molar-refractivity contribution in [2.24, 2.45) is 0 Å². The normalized spacial score (nSPS) is 10.9. The van der Waals surface area contributed by atoms with E-state index in [1.54, 1.807) is 13.2 Å². The summed E-state index contributed by atoms with van der Waals surface area (Å²) in [5.74, 6) is 0.958. The van der Waals surface area contributed by atoms with Gasteiger partial charge in [-0.25, -0.2) is 0 Å². The van der Waals surface area contributed by atoms with Crippen LogP contribution in [0, 0.1) is 0 Å². The molecular weight excluding hydrogens is 485 g/mol. The Labute approximate surface area is 213 Å². The van der Waals surface area contributed by atoms with Gasteiger partial charge in [0.2, 0.25) is 11.9 Å². The van der Waals surface area contributed by atoms with Gasteiger partial charge in [0.1, 0.15) is 5.75 Å². The summed E-state index contributed by atoms with van der Waals surface area (Å²) >= 11 is 12.5. The second-order valence-corrected chi connectivity index (χ2v) is 8.32. The molecule has 0 amide bonds. The summed E-state index contributed by atoms with van der Waals surface area (Å²) in [7, 11) is 1.60. The highest BCUT2D eigenvalue weighted by molar-refractivity contribution is 6.31. The minimum absolute atomic E-state index is 0.288. The summed E-state index contributed by atoms with van der Waals surface area (Å²) in [6, 6.07) is 22.3. The first-order valence-electron chi connectivity index (χ1n) is 10.8. The minimum atomic E-state index is -0.360. The minimum Gasteiger partial charge on any atom is -0.497 e. The predicted molar refractivity (Wildman–Crippen MR) is 140 cm³/mol. The van der Waals surface area contributed by atoms with Crippen LogP contribution in [0.5, 0.6) is 5.75 Å². The van der Waals surface area contributed by atoms with Gasteiger partial charge in [-0.3, -0.25) is 4.79 Å². The molecule has 0 aliphatic heterocycles. The van der Waals surface area contributed by atoms with Crippen molar-refractivity contribution in [3.8, 4) is 5.75 Å². The molecule has 0 bridgehead atoms. The molecule has 9 heteroatoms. The smallest absolute Gasteiger partial charge is 0.274 e. The largest absolute Gasteiger partial charge is 0.497 e. The van der Waals surface area contributed by atoms with Gasteiger partial charge in [-0.15, -0.1) is 5.10 Å². The maximum absolute atomic E-state index is 13.0. The summed E-state index contributed by atoms with van der Waals surface area (Å²) in [4.78, 5) is 17.5. The van der Waals surface area contributed by atoms with Crippen LogP contribution in [0.15, 0.2) is 78.9 Å². The average Bonchev–Trinajstić information content (AvgIpc) is 3.30. The van der Waals surface area contributed by atoms with Crippen molar-refractivity contribution >= 4 is 47.1 Å². The van der Waals surface area contributed by atoms with Crippen molar-refractivity contribution in [2.75, 3.05) is 17.7 Å². The van der Waals surface area contributed by atoms with Crippen molar-refractivity contribution in [3.05, 3.63) is 106 Å². The van der Waals surface area contributed by atoms with Crippen molar-refractivity contribution in [3.63, 3.8) is 0 Å². The fraction of sp³-hybridized carbons (Fsp3) is 0.115. The van der Waals surface area contributed by atoms with Gasteiger partial charge in [-0.2, -0.15) is 9.67 Å². The topological polar surface area (TPSA) is 81.1 Å². The number of methoxy groups -OCH3 is 1. The van der Waals surface area contributed by atoms with Crippen LogP contribution >= 0.6 is 23.2 Å². The quantitative estimate of drug-likeness (QED) is 0.263. The van der Waals surface area contributed by atoms with E-state index >= 15 is 0 Å². The number of ether oxygens (including phenoxy) is 1. The van der Waals surface area contributed by atoms with E-state index in [1.807, 2.05) is 72.8 Å².